The SMILES string of the molecule is CC(C)(C)OC(=O)NC(CCSCCC(N)=O)C(=O)O. The van der Waals surface area contributed by atoms with Crippen molar-refractivity contribution in [2.75, 3.05) is 11.5 Å². The number of ether oxygens (including phenoxy) is 1. The summed E-state index contributed by atoms with van der Waals surface area (Å²) in [5.41, 5.74) is 4.31. The quantitative estimate of drug-likeness (QED) is 0.575. The topological polar surface area (TPSA) is 119 Å². The number of thioether (sulfide) groups is 1. The van der Waals surface area contributed by atoms with Gasteiger partial charge < -0.3 is 20.9 Å². The normalized spacial score (nSPS) is 12.6. The molecule has 116 valence electrons. The number of amides is 2. The van der Waals surface area contributed by atoms with E-state index in [-0.39, 0.29) is 18.7 Å². The van der Waals surface area contributed by atoms with Crippen LogP contribution in [0.2, 0.25) is 0 Å². The van der Waals surface area contributed by atoms with Crippen LogP contribution in [0.4, 0.5) is 4.79 Å². The number of rotatable bonds is 8. The van der Waals surface area contributed by atoms with Gasteiger partial charge in [0.05, 0.1) is 0 Å². The molecule has 0 radical (unpaired) electrons. The molecule has 0 aromatic rings. The number of carboxylic acid groups (broad SMARTS) is 1. The highest BCUT2D eigenvalue weighted by molar-refractivity contribution is 7.99. The number of carboxylic acids is 1. The summed E-state index contributed by atoms with van der Waals surface area (Å²) in [6.07, 6.45) is -0.257. The zero-order valence-electron chi connectivity index (χ0n) is 12.0. The Morgan fingerprint density at radius 2 is 1.90 bits per heavy atom. The van der Waals surface area contributed by atoms with E-state index < -0.39 is 23.7 Å². The summed E-state index contributed by atoms with van der Waals surface area (Å²) in [6.45, 7) is 5.09. The van der Waals surface area contributed by atoms with Crippen LogP contribution >= 0.6 is 11.8 Å². The number of nitrogens with two attached hydrogens (primary N) is 1. The van der Waals surface area contributed by atoms with Gasteiger partial charge in [-0.15, -0.1) is 0 Å². The summed E-state index contributed by atoms with van der Waals surface area (Å²) in [4.78, 5) is 33.0. The van der Waals surface area contributed by atoms with E-state index in [2.05, 4.69) is 5.32 Å². The maximum absolute atomic E-state index is 11.5. The van der Waals surface area contributed by atoms with Gasteiger partial charge in [-0.2, -0.15) is 11.8 Å². The molecule has 0 aliphatic heterocycles. The van der Waals surface area contributed by atoms with E-state index in [0.29, 0.717) is 11.5 Å². The molecule has 0 saturated carbocycles. The average Bonchev–Trinajstić information content (AvgIpc) is 2.23. The van der Waals surface area contributed by atoms with Crippen molar-refractivity contribution in [1.29, 1.82) is 0 Å². The zero-order valence-corrected chi connectivity index (χ0v) is 12.8. The first kappa shape index (κ1) is 18.6. The lowest BCUT2D eigenvalue weighted by atomic mass is 10.2. The molecule has 0 spiro atoms. The van der Waals surface area contributed by atoms with E-state index in [1.807, 2.05) is 0 Å². The van der Waals surface area contributed by atoms with Crippen LogP contribution in [0.1, 0.15) is 33.6 Å². The monoisotopic (exact) mass is 306 g/mol. The first-order valence-corrected chi connectivity index (χ1v) is 7.35. The molecule has 4 N–H and O–H groups in total. The lowest BCUT2D eigenvalue weighted by molar-refractivity contribution is -0.139. The van der Waals surface area contributed by atoms with Gasteiger partial charge in [-0.1, -0.05) is 0 Å². The molecule has 0 aliphatic carbocycles. The molecule has 8 heteroatoms. The van der Waals surface area contributed by atoms with Crippen LogP contribution in [0.15, 0.2) is 0 Å². The predicted molar refractivity (Wildman–Crippen MR) is 76.5 cm³/mol. The Labute approximate surface area is 122 Å². The van der Waals surface area contributed by atoms with Gasteiger partial charge in [0.25, 0.3) is 0 Å². The second kappa shape index (κ2) is 8.68. The van der Waals surface area contributed by atoms with Crippen LogP contribution < -0.4 is 11.1 Å². The fraction of sp³-hybridized carbons (Fsp3) is 0.750. The van der Waals surface area contributed by atoms with Crippen LogP contribution in [-0.4, -0.2) is 46.2 Å². The number of hydrogen-bond acceptors (Lipinski definition) is 5. The highest BCUT2D eigenvalue weighted by atomic mass is 32.2. The Kier molecular flexibility index (Phi) is 8.05. The molecule has 0 aromatic carbocycles. The standard InChI is InChI=1S/C12H22N2O5S/c1-12(2,3)19-11(18)14-8(10(16)17)4-6-20-7-5-9(13)15/h8H,4-7H2,1-3H3,(H2,13,15)(H,14,18)(H,16,17). The van der Waals surface area contributed by atoms with Crippen LogP contribution in [-0.2, 0) is 14.3 Å². The third-order valence-corrected chi connectivity index (χ3v) is 3.05. The van der Waals surface area contributed by atoms with Gasteiger partial charge in [-0.25, -0.2) is 9.59 Å². The minimum Gasteiger partial charge on any atom is -0.480 e. The van der Waals surface area contributed by atoms with E-state index in [9.17, 15) is 14.4 Å². The van der Waals surface area contributed by atoms with Crippen molar-refractivity contribution in [3.8, 4) is 0 Å². The molecule has 1 atom stereocenters. The Morgan fingerprint density at radius 1 is 1.30 bits per heavy atom. The smallest absolute Gasteiger partial charge is 0.408 e. The van der Waals surface area contributed by atoms with Crippen molar-refractivity contribution in [1.82, 2.24) is 5.32 Å². The Bertz CT molecular complexity index is 354. The number of carbonyl (C=O) groups is 3. The number of alkyl carbamates (subject to hydrolysis) is 1. The summed E-state index contributed by atoms with van der Waals surface area (Å²) in [5.74, 6) is -0.473. The minimum absolute atomic E-state index is 0.248. The van der Waals surface area contributed by atoms with Crippen molar-refractivity contribution in [2.24, 2.45) is 5.73 Å². The molecule has 2 amide bonds. The molecule has 0 rings (SSSR count). The van der Waals surface area contributed by atoms with Crippen molar-refractivity contribution < 1.29 is 24.2 Å². The molecule has 0 aliphatic rings. The first-order chi connectivity index (χ1) is 9.11. The van der Waals surface area contributed by atoms with Crippen molar-refractivity contribution >= 4 is 29.7 Å². The Balaban J connectivity index is 4.08. The van der Waals surface area contributed by atoms with Gasteiger partial charge in [0, 0.05) is 12.2 Å². The van der Waals surface area contributed by atoms with Crippen molar-refractivity contribution in [2.45, 2.75) is 45.3 Å². The van der Waals surface area contributed by atoms with E-state index in [1.165, 1.54) is 11.8 Å². The number of aliphatic carboxylic acids is 1. The second-order valence-electron chi connectivity index (χ2n) is 5.15. The third kappa shape index (κ3) is 10.5. The van der Waals surface area contributed by atoms with Gasteiger partial charge in [0.1, 0.15) is 11.6 Å². The van der Waals surface area contributed by atoms with Gasteiger partial charge >= 0.3 is 12.1 Å². The van der Waals surface area contributed by atoms with Crippen LogP contribution in [0.25, 0.3) is 0 Å². The van der Waals surface area contributed by atoms with Crippen LogP contribution in [0.5, 0.6) is 0 Å². The lowest BCUT2D eigenvalue weighted by Crippen LogP contribution is -2.43. The summed E-state index contributed by atoms with van der Waals surface area (Å²) in [7, 11) is 0. The van der Waals surface area contributed by atoms with E-state index in [1.54, 1.807) is 20.8 Å². The maximum atomic E-state index is 11.5. The highest BCUT2D eigenvalue weighted by Crippen LogP contribution is 2.09. The predicted octanol–water partition coefficient (Wildman–Crippen LogP) is 0.963. The summed E-state index contributed by atoms with van der Waals surface area (Å²) in [5, 5.41) is 11.3. The van der Waals surface area contributed by atoms with Gasteiger partial charge in [-0.05, 0) is 32.9 Å². The van der Waals surface area contributed by atoms with Crippen molar-refractivity contribution in [3.63, 3.8) is 0 Å². The molecule has 20 heavy (non-hydrogen) atoms. The third-order valence-electron chi connectivity index (χ3n) is 2.03. The van der Waals surface area contributed by atoms with Crippen molar-refractivity contribution in [3.05, 3.63) is 0 Å². The van der Waals surface area contributed by atoms with E-state index in [4.69, 9.17) is 15.6 Å². The molecule has 0 heterocycles. The minimum atomic E-state index is -1.12. The summed E-state index contributed by atoms with van der Waals surface area (Å²) in [6, 6.07) is -1.01. The molecule has 7 nitrogen and oxygen atoms in total. The molecule has 0 fully saturated rings. The fourth-order valence-electron chi connectivity index (χ4n) is 1.18. The lowest BCUT2D eigenvalue weighted by Gasteiger charge is -2.21. The first-order valence-electron chi connectivity index (χ1n) is 6.20. The van der Waals surface area contributed by atoms with Crippen LogP contribution in [0, 0.1) is 0 Å². The summed E-state index contributed by atoms with van der Waals surface area (Å²) >= 11 is 1.41. The Hall–Kier alpha value is -1.44. The fourth-order valence-corrected chi connectivity index (χ4v) is 2.14. The van der Waals surface area contributed by atoms with E-state index >= 15 is 0 Å². The van der Waals surface area contributed by atoms with E-state index in [0.717, 1.165) is 0 Å². The number of primary amides is 1. The Morgan fingerprint density at radius 3 is 2.35 bits per heavy atom. The number of hydrogen-bond donors (Lipinski definition) is 3. The molecular formula is C12H22N2O5S. The molecule has 1 unspecified atom stereocenters. The molecule has 0 saturated heterocycles. The van der Waals surface area contributed by atoms with Gasteiger partial charge in [0.15, 0.2) is 0 Å². The van der Waals surface area contributed by atoms with Gasteiger partial charge in [0.2, 0.25) is 5.91 Å². The largest absolute Gasteiger partial charge is 0.480 e. The number of nitrogens with one attached hydrogen (secondary N) is 1. The molecular weight excluding hydrogens is 284 g/mol. The maximum Gasteiger partial charge on any atom is 0.408 e. The highest BCUT2D eigenvalue weighted by Gasteiger charge is 2.23. The van der Waals surface area contributed by atoms with Crippen LogP contribution in [0.3, 0.4) is 0 Å². The second-order valence-corrected chi connectivity index (χ2v) is 6.38. The number of carbonyl (C=O) groups excluding carboxylic acids is 2. The van der Waals surface area contributed by atoms with Gasteiger partial charge in [-0.3, -0.25) is 4.79 Å². The zero-order chi connectivity index (χ0) is 15.8. The average molecular weight is 306 g/mol. The molecule has 0 aromatic heterocycles. The summed E-state index contributed by atoms with van der Waals surface area (Å²) < 4.78 is 5.00. The molecule has 0 bridgehead atoms.